The van der Waals surface area contributed by atoms with Crippen LogP contribution in [0, 0.1) is 0 Å². The number of amides is 1. The third-order valence-electron chi connectivity index (χ3n) is 4.53. The zero-order valence-electron chi connectivity index (χ0n) is 13.2. The molecule has 3 nitrogen and oxygen atoms in total. The number of carbonyl (C=O) groups is 1. The van der Waals surface area contributed by atoms with Crippen molar-refractivity contribution in [3.05, 3.63) is 70.2 Å². The molecule has 0 spiro atoms. The zero-order chi connectivity index (χ0) is 16.7. The molecule has 0 saturated carbocycles. The molecule has 1 N–H and O–H groups in total. The molecule has 0 atom stereocenters. The number of halogens is 1. The van der Waals surface area contributed by atoms with Crippen LogP contribution >= 0.6 is 11.6 Å². The average molecular weight is 338 g/mol. The van der Waals surface area contributed by atoms with Gasteiger partial charge in [0.2, 0.25) is 0 Å². The van der Waals surface area contributed by atoms with Crippen LogP contribution in [0.25, 0.3) is 10.8 Å². The van der Waals surface area contributed by atoms with E-state index in [1.807, 2.05) is 18.2 Å². The fourth-order valence-electron chi connectivity index (χ4n) is 3.41. The van der Waals surface area contributed by atoms with Crippen molar-refractivity contribution < 1.29 is 9.53 Å². The molecule has 120 valence electrons. The number of ether oxygens (including phenoxy) is 1. The highest BCUT2D eigenvalue weighted by atomic mass is 35.5. The zero-order valence-corrected chi connectivity index (χ0v) is 14.0. The van der Waals surface area contributed by atoms with Gasteiger partial charge in [-0.2, -0.15) is 0 Å². The molecule has 0 bridgehead atoms. The highest BCUT2D eigenvalue weighted by molar-refractivity contribution is 6.31. The summed E-state index contributed by atoms with van der Waals surface area (Å²) in [6, 6.07) is 15.3. The maximum Gasteiger partial charge on any atom is 0.256 e. The molecule has 0 aromatic heterocycles. The Hall–Kier alpha value is -2.52. The van der Waals surface area contributed by atoms with Crippen molar-refractivity contribution in [3.63, 3.8) is 0 Å². The first kappa shape index (κ1) is 15.0. The van der Waals surface area contributed by atoms with Gasteiger partial charge in [0.15, 0.2) is 0 Å². The van der Waals surface area contributed by atoms with E-state index in [-0.39, 0.29) is 5.91 Å². The van der Waals surface area contributed by atoms with Crippen molar-refractivity contribution in [1.29, 1.82) is 0 Å². The lowest BCUT2D eigenvalue weighted by Gasteiger charge is -2.12. The number of anilines is 1. The molecule has 1 aliphatic rings. The van der Waals surface area contributed by atoms with Crippen LogP contribution in [-0.2, 0) is 12.8 Å². The van der Waals surface area contributed by atoms with Crippen molar-refractivity contribution >= 4 is 34.0 Å². The minimum absolute atomic E-state index is 0.161. The molecule has 1 aliphatic carbocycles. The highest BCUT2D eigenvalue weighted by Gasteiger charge is 2.19. The number of aryl methyl sites for hydroxylation is 2. The van der Waals surface area contributed by atoms with Gasteiger partial charge in [0.1, 0.15) is 5.75 Å². The molecule has 4 rings (SSSR count). The predicted molar refractivity (Wildman–Crippen MR) is 97.3 cm³/mol. The number of carbonyl (C=O) groups excluding carboxylic acids is 1. The minimum atomic E-state index is -0.161. The summed E-state index contributed by atoms with van der Waals surface area (Å²) in [4.78, 5) is 12.8. The van der Waals surface area contributed by atoms with E-state index in [9.17, 15) is 4.79 Å². The standard InChI is InChI=1S/C20H16ClNO2/c1-24-18-10-8-14(21)11-17(18)22-20(23)16-9-7-13-6-5-12-3-2-4-15(16)19(12)13/h2-4,7-11H,5-6H2,1H3,(H,22,23). The van der Waals surface area contributed by atoms with E-state index >= 15 is 0 Å². The SMILES string of the molecule is COc1ccc(Cl)cc1NC(=O)c1ccc2c3c(cccc13)CC2. The number of nitrogens with one attached hydrogen (secondary N) is 1. The van der Waals surface area contributed by atoms with E-state index in [0.717, 1.165) is 18.2 Å². The van der Waals surface area contributed by atoms with E-state index < -0.39 is 0 Å². The van der Waals surface area contributed by atoms with Gasteiger partial charge in [-0.3, -0.25) is 4.79 Å². The molecular weight excluding hydrogens is 322 g/mol. The topological polar surface area (TPSA) is 38.3 Å². The second-order valence-electron chi connectivity index (χ2n) is 5.91. The first-order valence-corrected chi connectivity index (χ1v) is 8.23. The molecule has 0 fully saturated rings. The van der Waals surface area contributed by atoms with Gasteiger partial charge in [-0.15, -0.1) is 0 Å². The van der Waals surface area contributed by atoms with Gasteiger partial charge in [0.05, 0.1) is 12.8 Å². The van der Waals surface area contributed by atoms with Gasteiger partial charge in [-0.05, 0) is 59.0 Å². The van der Waals surface area contributed by atoms with Crippen LogP contribution in [0.2, 0.25) is 5.02 Å². The van der Waals surface area contributed by atoms with Gasteiger partial charge in [-0.25, -0.2) is 0 Å². The van der Waals surface area contributed by atoms with Crippen molar-refractivity contribution in [2.45, 2.75) is 12.8 Å². The van der Waals surface area contributed by atoms with Crippen molar-refractivity contribution in [1.82, 2.24) is 0 Å². The van der Waals surface area contributed by atoms with Crippen LogP contribution in [0.4, 0.5) is 5.69 Å². The first-order valence-electron chi connectivity index (χ1n) is 7.86. The Bertz CT molecular complexity index is 955. The minimum Gasteiger partial charge on any atom is -0.495 e. The number of methoxy groups -OCH3 is 1. The highest BCUT2D eigenvalue weighted by Crippen LogP contribution is 2.34. The third-order valence-corrected chi connectivity index (χ3v) is 4.77. The Labute approximate surface area is 145 Å². The number of hydrogen-bond acceptors (Lipinski definition) is 2. The van der Waals surface area contributed by atoms with Crippen LogP contribution in [0.3, 0.4) is 0 Å². The maximum absolute atomic E-state index is 12.8. The van der Waals surface area contributed by atoms with Crippen LogP contribution < -0.4 is 10.1 Å². The van der Waals surface area contributed by atoms with Gasteiger partial charge in [-0.1, -0.05) is 35.9 Å². The Kier molecular flexibility index (Phi) is 3.66. The average Bonchev–Trinajstić information content (AvgIpc) is 3.01. The van der Waals surface area contributed by atoms with Crippen LogP contribution in [0.15, 0.2) is 48.5 Å². The van der Waals surface area contributed by atoms with E-state index in [1.54, 1.807) is 25.3 Å². The summed E-state index contributed by atoms with van der Waals surface area (Å²) < 4.78 is 5.30. The fraction of sp³-hybridized carbons (Fsp3) is 0.150. The smallest absolute Gasteiger partial charge is 0.256 e. The number of hydrogen-bond donors (Lipinski definition) is 1. The van der Waals surface area contributed by atoms with Crippen molar-refractivity contribution in [3.8, 4) is 5.75 Å². The van der Waals surface area contributed by atoms with Gasteiger partial charge >= 0.3 is 0 Å². The second-order valence-corrected chi connectivity index (χ2v) is 6.35. The molecule has 0 aliphatic heterocycles. The molecule has 3 aromatic carbocycles. The van der Waals surface area contributed by atoms with Crippen LogP contribution in [0.5, 0.6) is 5.75 Å². The molecule has 0 radical (unpaired) electrons. The Morgan fingerprint density at radius 3 is 2.67 bits per heavy atom. The molecule has 1 amide bonds. The van der Waals surface area contributed by atoms with Crippen molar-refractivity contribution in [2.24, 2.45) is 0 Å². The Morgan fingerprint density at radius 1 is 1.08 bits per heavy atom. The summed E-state index contributed by atoms with van der Waals surface area (Å²) in [6.45, 7) is 0. The summed E-state index contributed by atoms with van der Waals surface area (Å²) in [7, 11) is 1.57. The van der Waals surface area contributed by atoms with Crippen molar-refractivity contribution in [2.75, 3.05) is 12.4 Å². The summed E-state index contributed by atoms with van der Waals surface area (Å²) >= 11 is 6.04. The molecule has 4 heteroatoms. The predicted octanol–water partition coefficient (Wildman–Crippen LogP) is 4.85. The molecule has 0 heterocycles. The second kappa shape index (κ2) is 5.84. The normalized spacial score (nSPS) is 12.4. The lowest BCUT2D eigenvalue weighted by molar-refractivity contribution is 0.102. The molecule has 24 heavy (non-hydrogen) atoms. The number of benzene rings is 3. The lowest BCUT2D eigenvalue weighted by atomic mass is 9.99. The van der Waals surface area contributed by atoms with E-state index in [0.29, 0.717) is 22.0 Å². The number of rotatable bonds is 3. The third kappa shape index (κ3) is 2.42. The lowest BCUT2D eigenvalue weighted by Crippen LogP contribution is -2.13. The van der Waals surface area contributed by atoms with E-state index in [1.165, 1.54) is 16.5 Å². The summed E-state index contributed by atoms with van der Waals surface area (Å²) in [5, 5.41) is 5.70. The molecule has 3 aromatic rings. The van der Waals surface area contributed by atoms with Crippen LogP contribution in [0.1, 0.15) is 21.5 Å². The molecule has 0 saturated heterocycles. The van der Waals surface area contributed by atoms with E-state index in [2.05, 4.69) is 17.4 Å². The quantitative estimate of drug-likeness (QED) is 0.741. The summed E-state index contributed by atoms with van der Waals surface area (Å²) in [5.74, 6) is 0.421. The van der Waals surface area contributed by atoms with Crippen LogP contribution in [-0.4, -0.2) is 13.0 Å². The Balaban J connectivity index is 1.77. The van der Waals surface area contributed by atoms with E-state index in [4.69, 9.17) is 16.3 Å². The first-order chi connectivity index (χ1) is 11.7. The van der Waals surface area contributed by atoms with Gasteiger partial charge < -0.3 is 10.1 Å². The fourth-order valence-corrected chi connectivity index (χ4v) is 3.58. The maximum atomic E-state index is 12.8. The summed E-state index contributed by atoms with van der Waals surface area (Å²) in [6.07, 6.45) is 2.08. The van der Waals surface area contributed by atoms with Gasteiger partial charge in [0.25, 0.3) is 5.91 Å². The molecular formula is C20H16ClNO2. The molecule has 0 unspecified atom stereocenters. The summed E-state index contributed by atoms with van der Waals surface area (Å²) in [5.41, 5.74) is 3.87. The van der Waals surface area contributed by atoms with Gasteiger partial charge in [0, 0.05) is 10.6 Å². The largest absolute Gasteiger partial charge is 0.495 e. The Morgan fingerprint density at radius 2 is 1.88 bits per heavy atom. The monoisotopic (exact) mass is 337 g/mol.